The Kier molecular flexibility index (Phi) is 6.45. The monoisotopic (exact) mass is 346 g/mol. The van der Waals surface area contributed by atoms with Crippen LogP contribution in [-0.4, -0.2) is 25.0 Å². The van der Waals surface area contributed by atoms with Crippen LogP contribution in [0.2, 0.25) is 0 Å². The lowest BCUT2D eigenvalue weighted by Gasteiger charge is -2.09. The summed E-state index contributed by atoms with van der Waals surface area (Å²) in [5.74, 6) is 1.48. The Morgan fingerprint density at radius 1 is 1.04 bits per heavy atom. The number of nitrogens with one attached hydrogen (secondary N) is 2. The fourth-order valence-corrected chi connectivity index (χ4v) is 2.09. The maximum Gasteiger partial charge on any atom is 0.276 e. The number of carbonyl (C=O) groups excluding carboxylic acids is 2. The van der Waals surface area contributed by atoms with Crippen molar-refractivity contribution in [3.8, 4) is 11.5 Å². The lowest BCUT2D eigenvalue weighted by Crippen LogP contribution is -2.43. The molecule has 25 heavy (non-hydrogen) atoms. The zero-order chi connectivity index (χ0) is 18.2. The van der Waals surface area contributed by atoms with Crippen LogP contribution < -0.4 is 20.3 Å². The van der Waals surface area contributed by atoms with Gasteiger partial charge in [0.1, 0.15) is 23.0 Å². The number of benzene rings is 1. The van der Waals surface area contributed by atoms with Gasteiger partial charge in [-0.15, -0.1) is 0 Å². The van der Waals surface area contributed by atoms with E-state index < -0.39 is 11.8 Å². The summed E-state index contributed by atoms with van der Waals surface area (Å²) >= 11 is 0. The molecule has 0 unspecified atom stereocenters. The van der Waals surface area contributed by atoms with Gasteiger partial charge in [-0.1, -0.05) is 6.92 Å². The molecule has 0 aliphatic heterocycles. The Balaban J connectivity index is 1.75. The number of carbonyl (C=O) groups is 2. The van der Waals surface area contributed by atoms with Gasteiger partial charge in [0.05, 0.1) is 12.2 Å². The van der Waals surface area contributed by atoms with Crippen LogP contribution in [-0.2, 0) is 4.79 Å². The third-order valence-electron chi connectivity index (χ3n) is 3.27. The molecule has 0 bridgehead atoms. The van der Waals surface area contributed by atoms with Crippen LogP contribution in [0.1, 0.15) is 35.2 Å². The highest BCUT2D eigenvalue weighted by atomic mass is 16.5. The van der Waals surface area contributed by atoms with E-state index in [-0.39, 0.29) is 6.61 Å². The predicted molar refractivity (Wildman–Crippen MR) is 91.5 cm³/mol. The van der Waals surface area contributed by atoms with Crippen molar-refractivity contribution in [2.75, 3.05) is 13.2 Å². The van der Waals surface area contributed by atoms with Crippen molar-refractivity contribution in [3.05, 3.63) is 47.4 Å². The van der Waals surface area contributed by atoms with Gasteiger partial charge in [0, 0.05) is 0 Å². The van der Waals surface area contributed by atoms with E-state index in [2.05, 4.69) is 10.9 Å². The van der Waals surface area contributed by atoms with Crippen LogP contribution in [0.5, 0.6) is 11.5 Å². The largest absolute Gasteiger partial charge is 0.494 e. The van der Waals surface area contributed by atoms with E-state index in [9.17, 15) is 9.59 Å². The fourth-order valence-electron chi connectivity index (χ4n) is 2.09. The zero-order valence-corrected chi connectivity index (χ0v) is 14.5. The molecular weight excluding hydrogens is 324 g/mol. The highest BCUT2D eigenvalue weighted by Crippen LogP contribution is 2.17. The number of hydrogen-bond acceptors (Lipinski definition) is 5. The van der Waals surface area contributed by atoms with Gasteiger partial charge in [0.15, 0.2) is 6.61 Å². The summed E-state index contributed by atoms with van der Waals surface area (Å²) in [7, 11) is 0. The molecule has 0 spiro atoms. The number of furan rings is 1. The van der Waals surface area contributed by atoms with Crippen molar-refractivity contribution in [1.82, 2.24) is 10.9 Å². The average molecular weight is 346 g/mol. The van der Waals surface area contributed by atoms with Crippen molar-refractivity contribution >= 4 is 11.8 Å². The van der Waals surface area contributed by atoms with Gasteiger partial charge in [-0.05, 0) is 50.6 Å². The minimum absolute atomic E-state index is 0.223. The molecule has 2 rings (SSSR count). The third-order valence-corrected chi connectivity index (χ3v) is 3.27. The van der Waals surface area contributed by atoms with Crippen molar-refractivity contribution in [3.63, 3.8) is 0 Å². The van der Waals surface area contributed by atoms with Gasteiger partial charge in [0.25, 0.3) is 11.8 Å². The highest BCUT2D eigenvalue weighted by molar-refractivity contribution is 5.96. The predicted octanol–water partition coefficient (Wildman–Crippen LogP) is 2.53. The first kappa shape index (κ1) is 18.4. The van der Waals surface area contributed by atoms with Gasteiger partial charge in [-0.2, -0.15) is 0 Å². The molecule has 1 aromatic carbocycles. The van der Waals surface area contributed by atoms with Crippen LogP contribution in [0.25, 0.3) is 0 Å². The van der Waals surface area contributed by atoms with Crippen molar-refractivity contribution in [2.24, 2.45) is 0 Å². The number of hydrazine groups is 1. The van der Waals surface area contributed by atoms with E-state index in [0.717, 1.165) is 12.2 Å². The maximum atomic E-state index is 11.9. The highest BCUT2D eigenvalue weighted by Gasteiger charge is 2.14. The Morgan fingerprint density at radius 3 is 2.24 bits per heavy atom. The summed E-state index contributed by atoms with van der Waals surface area (Å²) in [5.41, 5.74) is 5.00. The quantitative estimate of drug-likeness (QED) is 0.752. The van der Waals surface area contributed by atoms with Crippen molar-refractivity contribution < 1.29 is 23.5 Å². The minimum atomic E-state index is -0.475. The van der Waals surface area contributed by atoms with Gasteiger partial charge in [-0.3, -0.25) is 20.4 Å². The summed E-state index contributed by atoms with van der Waals surface area (Å²) in [5, 5.41) is 0. The molecule has 7 heteroatoms. The van der Waals surface area contributed by atoms with E-state index in [0.29, 0.717) is 29.4 Å². The van der Waals surface area contributed by atoms with Crippen molar-refractivity contribution in [1.29, 1.82) is 0 Å². The maximum absolute atomic E-state index is 11.9. The number of rotatable bonds is 7. The lowest BCUT2D eigenvalue weighted by molar-refractivity contribution is -0.123. The van der Waals surface area contributed by atoms with E-state index >= 15 is 0 Å². The number of aryl methyl sites for hydroxylation is 2. The van der Waals surface area contributed by atoms with E-state index in [1.807, 2.05) is 6.92 Å². The molecule has 0 saturated heterocycles. The molecule has 1 aromatic heterocycles. The molecule has 1 heterocycles. The molecule has 0 aliphatic rings. The molecule has 134 valence electrons. The summed E-state index contributed by atoms with van der Waals surface area (Å²) in [6.45, 7) is 5.89. The minimum Gasteiger partial charge on any atom is -0.494 e. The summed E-state index contributed by atoms with van der Waals surface area (Å²) < 4.78 is 16.1. The first-order valence-electron chi connectivity index (χ1n) is 8.01. The Morgan fingerprint density at radius 2 is 1.68 bits per heavy atom. The Labute approximate surface area is 146 Å². The summed E-state index contributed by atoms with van der Waals surface area (Å²) in [6.07, 6.45) is 0.933. The lowest BCUT2D eigenvalue weighted by atomic mass is 10.2. The molecule has 2 amide bonds. The molecule has 0 aliphatic carbocycles. The SMILES string of the molecule is CCCOc1ccc(OCC(=O)NNC(=O)c2cc(C)oc2C)cc1. The zero-order valence-electron chi connectivity index (χ0n) is 14.5. The van der Waals surface area contributed by atoms with Crippen molar-refractivity contribution in [2.45, 2.75) is 27.2 Å². The second-order valence-corrected chi connectivity index (χ2v) is 5.44. The van der Waals surface area contributed by atoms with Gasteiger partial charge < -0.3 is 13.9 Å². The standard InChI is InChI=1S/C18H22N2O5/c1-4-9-23-14-5-7-15(8-6-14)24-11-17(21)19-20-18(22)16-10-12(2)25-13(16)3/h5-8,10H,4,9,11H2,1-3H3,(H,19,21)(H,20,22). The van der Waals surface area contributed by atoms with Gasteiger partial charge in [-0.25, -0.2) is 0 Å². The second-order valence-electron chi connectivity index (χ2n) is 5.44. The molecule has 2 aromatic rings. The van der Waals surface area contributed by atoms with Crippen LogP contribution >= 0.6 is 0 Å². The van der Waals surface area contributed by atoms with Gasteiger partial charge in [0.2, 0.25) is 0 Å². The Bertz CT molecular complexity index is 722. The first-order chi connectivity index (χ1) is 12.0. The average Bonchev–Trinajstić information content (AvgIpc) is 2.95. The Hall–Kier alpha value is -2.96. The number of hydrogen-bond donors (Lipinski definition) is 2. The smallest absolute Gasteiger partial charge is 0.276 e. The molecule has 0 atom stereocenters. The number of ether oxygens (including phenoxy) is 2. The second kappa shape index (κ2) is 8.77. The van der Waals surface area contributed by atoms with Crippen LogP contribution in [0.3, 0.4) is 0 Å². The summed E-state index contributed by atoms with van der Waals surface area (Å²) in [4.78, 5) is 23.7. The third kappa shape index (κ3) is 5.56. The molecule has 2 N–H and O–H groups in total. The fraction of sp³-hybridized carbons (Fsp3) is 0.333. The van der Waals surface area contributed by atoms with E-state index in [1.165, 1.54) is 0 Å². The molecule has 0 radical (unpaired) electrons. The molecule has 7 nitrogen and oxygen atoms in total. The molecule has 0 saturated carbocycles. The van der Waals surface area contributed by atoms with Crippen LogP contribution in [0, 0.1) is 13.8 Å². The summed E-state index contributed by atoms with van der Waals surface area (Å²) in [6, 6.07) is 8.59. The first-order valence-corrected chi connectivity index (χ1v) is 8.01. The molecular formula is C18H22N2O5. The van der Waals surface area contributed by atoms with E-state index in [1.54, 1.807) is 44.2 Å². The van der Waals surface area contributed by atoms with Gasteiger partial charge >= 0.3 is 0 Å². The number of amides is 2. The normalized spacial score (nSPS) is 10.2. The topological polar surface area (TPSA) is 89.8 Å². The van der Waals surface area contributed by atoms with Crippen LogP contribution in [0.4, 0.5) is 0 Å². The van der Waals surface area contributed by atoms with E-state index in [4.69, 9.17) is 13.9 Å². The van der Waals surface area contributed by atoms with Crippen LogP contribution in [0.15, 0.2) is 34.7 Å². The molecule has 0 fully saturated rings.